The largest absolute Gasteiger partial charge is 0.396 e. The van der Waals surface area contributed by atoms with Gasteiger partial charge < -0.3 is 25.5 Å². The van der Waals surface area contributed by atoms with Crippen LogP contribution in [0.4, 0.5) is 0 Å². The summed E-state index contributed by atoms with van der Waals surface area (Å²) in [5, 5.41) is 46.9. The molecular weight excluding hydrogens is 224 g/mol. The van der Waals surface area contributed by atoms with Crippen LogP contribution in [-0.4, -0.2) is 58.6 Å². The highest BCUT2D eigenvalue weighted by atomic mass is 16.3. The first-order chi connectivity index (χ1) is 8.18. The molecule has 0 radical (unpaired) electrons. The summed E-state index contributed by atoms with van der Waals surface area (Å²) in [6, 6.07) is 0. The Morgan fingerprint density at radius 1 is 0.941 bits per heavy atom. The van der Waals surface area contributed by atoms with Gasteiger partial charge in [0.1, 0.15) is 0 Å². The standard InChI is InChI=1S/C12H24O5/c13-4-3-12(8-17)2-1-9(5-14)10(6-15)11(12)7-16/h9-11,13-17H,1-8H2. The van der Waals surface area contributed by atoms with Crippen molar-refractivity contribution in [1.82, 2.24) is 0 Å². The Bertz CT molecular complexity index is 223. The lowest BCUT2D eigenvalue weighted by Gasteiger charge is -2.49. The molecule has 5 nitrogen and oxygen atoms in total. The second-order valence-corrected chi connectivity index (χ2v) is 5.11. The number of hydrogen-bond donors (Lipinski definition) is 5. The van der Waals surface area contributed by atoms with Crippen LogP contribution in [0.1, 0.15) is 19.3 Å². The molecule has 17 heavy (non-hydrogen) atoms. The number of aliphatic hydroxyl groups is 5. The molecule has 4 unspecified atom stereocenters. The minimum atomic E-state index is -0.525. The third-order valence-electron chi connectivity index (χ3n) is 4.49. The van der Waals surface area contributed by atoms with E-state index in [2.05, 4.69) is 0 Å². The Kier molecular flexibility index (Phi) is 5.82. The molecule has 0 aromatic rings. The van der Waals surface area contributed by atoms with Gasteiger partial charge >= 0.3 is 0 Å². The molecule has 0 aromatic heterocycles. The lowest BCUT2D eigenvalue weighted by molar-refractivity contribution is -0.0959. The predicted octanol–water partition coefficient (Wildman–Crippen LogP) is -1.03. The first kappa shape index (κ1) is 14.9. The molecule has 0 heterocycles. The van der Waals surface area contributed by atoms with Gasteiger partial charge in [-0.15, -0.1) is 0 Å². The van der Waals surface area contributed by atoms with Crippen LogP contribution in [0.15, 0.2) is 0 Å². The van der Waals surface area contributed by atoms with Crippen molar-refractivity contribution < 1.29 is 25.5 Å². The highest BCUT2D eigenvalue weighted by molar-refractivity contribution is 4.96. The first-order valence-corrected chi connectivity index (χ1v) is 6.23. The van der Waals surface area contributed by atoms with Crippen LogP contribution in [0.3, 0.4) is 0 Å². The summed E-state index contributed by atoms with van der Waals surface area (Å²) in [6.07, 6.45) is 1.79. The highest BCUT2D eigenvalue weighted by Gasteiger charge is 2.47. The summed E-state index contributed by atoms with van der Waals surface area (Å²) >= 11 is 0. The van der Waals surface area contributed by atoms with Crippen LogP contribution < -0.4 is 0 Å². The lowest BCUT2D eigenvalue weighted by Crippen LogP contribution is -2.49. The van der Waals surface area contributed by atoms with Gasteiger partial charge in [0, 0.05) is 38.4 Å². The van der Waals surface area contributed by atoms with Gasteiger partial charge in [0.2, 0.25) is 0 Å². The van der Waals surface area contributed by atoms with Gasteiger partial charge in [0.25, 0.3) is 0 Å². The molecular formula is C12H24O5. The van der Waals surface area contributed by atoms with Gasteiger partial charge in [-0.05, 0) is 37.0 Å². The molecule has 1 aliphatic rings. The number of rotatable bonds is 6. The predicted molar refractivity (Wildman–Crippen MR) is 62.2 cm³/mol. The summed E-state index contributed by atoms with van der Waals surface area (Å²) in [6.45, 7) is -0.402. The van der Waals surface area contributed by atoms with E-state index in [0.717, 1.165) is 0 Å². The maximum absolute atomic E-state index is 9.58. The van der Waals surface area contributed by atoms with Crippen molar-refractivity contribution >= 4 is 0 Å². The summed E-state index contributed by atoms with van der Waals surface area (Å²) in [7, 11) is 0. The smallest absolute Gasteiger partial charge is 0.0491 e. The van der Waals surface area contributed by atoms with Crippen LogP contribution in [-0.2, 0) is 0 Å². The molecule has 1 saturated carbocycles. The fourth-order valence-corrected chi connectivity index (χ4v) is 3.30. The SMILES string of the molecule is OCCC1(CO)CCC(CO)C(CO)C1CO. The average Bonchev–Trinajstić information content (AvgIpc) is 2.37. The van der Waals surface area contributed by atoms with E-state index in [0.29, 0.717) is 19.3 Å². The molecule has 0 amide bonds. The molecule has 1 aliphatic carbocycles. The first-order valence-electron chi connectivity index (χ1n) is 6.23. The van der Waals surface area contributed by atoms with Gasteiger partial charge in [-0.1, -0.05) is 0 Å². The molecule has 102 valence electrons. The third kappa shape index (κ3) is 2.80. The summed E-state index contributed by atoms with van der Waals surface area (Å²) in [5.41, 5.74) is -0.525. The van der Waals surface area contributed by atoms with Crippen LogP contribution in [0.25, 0.3) is 0 Å². The number of hydrogen-bond acceptors (Lipinski definition) is 5. The van der Waals surface area contributed by atoms with E-state index in [1.807, 2.05) is 0 Å². The quantitative estimate of drug-likeness (QED) is 0.414. The number of aliphatic hydroxyl groups excluding tert-OH is 5. The van der Waals surface area contributed by atoms with E-state index in [1.165, 1.54) is 0 Å². The van der Waals surface area contributed by atoms with E-state index < -0.39 is 5.41 Å². The lowest BCUT2D eigenvalue weighted by atomic mass is 9.57. The second kappa shape index (κ2) is 6.66. The van der Waals surface area contributed by atoms with Crippen molar-refractivity contribution in [2.24, 2.45) is 23.2 Å². The summed E-state index contributed by atoms with van der Waals surface area (Å²) < 4.78 is 0. The van der Waals surface area contributed by atoms with Gasteiger partial charge in [-0.3, -0.25) is 0 Å². The minimum Gasteiger partial charge on any atom is -0.396 e. The van der Waals surface area contributed by atoms with Crippen LogP contribution in [0, 0.1) is 23.2 Å². The summed E-state index contributed by atoms with van der Waals surface area (Å²) in [5.74, 6) is -0.511. The molecule has 0 bridgehead atoms. The van der Waals surface area contributed by atoms with Gasteiger partial charge in [0.05, 0.1) is 0 Å². The molecule has 5 heteroatoms. The Morgan fingerprint density at radius 3 is 2.06 bits per heavy atom. The molecule has 1 fully saturated rings. The van der Waals surface area contributed by atoms with Crippen molar-refractivity contribution in [1.29, 1.82) is 0 Å². The monoisotopic (exact) mass is 248 g/mol. The van der Waals surface area contributed by atoms with Gasteiger partial charge in [0.15, 0.2) is 0 Å². The van der Waals surface area contributed by atoms with Crippen molar-refractivity contribution in [3.05, 3.63) is 0 Å². The Hall–Kier alpha value is -0.200. The third-order valence-corrected chi connectivity index (χ3v) is 4.49. The van der Waals surface area contributed by atoms with Crippen LogP contribution >= 0.6 is 0 Å². The van der Waals surface area contributed by atoms with Gasteiger partial charge in [-0.2, -0.15) is 0 Å². The molecule has 0 aliphatic heterocycles. The topological polar surface area (TPSA) is 101 Å². The van der Waals surface area contributed by atoms with E-state index in [1.54, 1.807) is 0 Å². The average molecular weight is 248 g/mol. The Morgan fingerprint density at radius 2 is 1.65 bits per heavy atom. The fourth-order valence-electron chi connectivity index (χ4n) is 3.30. The molecule has 0 saturated heterocycles. The fraction of sp³-hybridized carbons (Fsp3) is 1.00. The molecule has 4 atom stereocenters. The van der Waals surface area contributed by atoms with E-state index >= 15 is 0 Å². The van der Waals surface area contributed by atoms with E-state index in [9.17, 15) is 20.4 Å². The van der Waals surface area contributed by atoms with Crippen LogP contribution in [0.2, 0.25) is 0 Å². The summed E-state index contributed by atoms with van der Waals surface area (Å²) in [4.78, 5) is 0. The zero-order valence-corrected chi connectivity index (χ0v) is 10.1. The zero-order valence-electron chi connectivity index (χ0n) is 10.1. The maximum Gasteiger partial charge on any atom is 0.0491 e. The molecule has 0 aromatic carbocycles. The minimum absolute atomic E-state index is 0.0115. The second-order valence-electron chi connectivity index (χ2n) is 5.11. The Labute approximate surface area is 102 Å². The van der Waals surface area contributed by atoms with Crippen molar-refractivity contribution in [3.8, 4) is 0 Å². The molecule has 1 rings (SSSR count). The van der Waals surface area contributed by atoms with Crippen molar-refractivity contribution in [2.75, 3.05) is 33.0 Å². The highest BCUT2D eigenvalue weighted by Crippen LogP contribution is 2.48. The van der Waals surface area contributed by atoms with Crippen molar-refractivity contribution in [3.63, 3.8) is 0 Å². The Balaban J connectivity index is 2.92. The van der Waals surface area contributed by atoms with E-state index in [4.69, 9.17) is 5.11 Å². The molecule has 0 spiro atoms. The zero-order chi connectivity index (χ0) is 12.9. The normalized spacial score (nSPS) is 38.3. The van der Waals surface area contributed by atoms with Crippen LogP contribution in [0.5, 0.6) is 0 Å². The van der Waals surface area contributed by atoms with Gasteiger partial charge in [-0.25, -0.2) is 0 Å². The van der Waals surface area contributed by atoms with E-state index in [-0.39, 0.29) is 50.8 Å². The molecule has 5 N–H and O–H groups in total. The van der Waals surface area contributed by atoms with Crippen molar-refractivity contribution in [2.45, 2.75) is 19.3 Å². The maximum atomic E-state index is 9.58.